The Hall–Kier alpha value is -1.19. The van der Waals surface area contributed by atoms with Gasteiger partial charge in [0.25, 0.3) is 0 Å². The van der Waals surface area contributed by atoms with Crippen molar-refractivity contribution in [3.05, 3.63) is 5.01 Å². The normalized spacial score (nSPS) is 26.9. The SMILES string of the molecule is CSc1nsc(C2CN3CCC2C3)n1.O=C(O)C(=O)O. The highest BCUT2D eigenvalue weighted by Gasteiger charge is 2.40. The lowest BCUT2D eigenvalue weighted by Gasteiger charge is -2.19. The molecule has 7 nitrogen and oxygen atoms in total. The summed E-state index contributed by atoms with van der Waals surface area (Å²) in [6.07, 6.45) is 3.40. The minimum atomic E-state index is -1.82. The van der Waals surface area contributed by atoms with Gasteiger partial charge in [0.15, 0.2) is 5.16 Å². The molecule has 20 heavy (non-hydrogen) atoms. The van der Waals surface area contributed by atoms with Crippen LogP contribution in [0.25, 0.3) is 0 Å². The van der Waals surface area contributed by atoms with Gasteiger partial charge in [-0.3, -0.25) is 0 Å². The van der Waals surface area contributed by atoms with Gasteiger partial charge in [0.05, 0.1) is 0 Å². The van der Waals surface area contributed by atoms with E-state index in [1.165, 1.54) is 31.1 Å². The number of piperidine rings is 1. The molecular weight excluding hydrogens is 302 g/mol. The van der Waals surface area contributed by atoms with Gasteiger partial charge >= 0.3 is 11.9 Å². The fraction of sp³-hybridized carbons (Fsp3) is 0.636. The number of hydrogen-bond donors (Lipinski definition) is 2. The van der Waals surface area contributed by atoms with Crippen LogP contribution in [0.3, 0.4) is 0 Å². The zero-order chi connectivity index (χ0) is 14.7. The summed E-state index contributed by atoms with van der Waals surface area (Å²) in [4.78, 5) is 25.3. The molecule has 1 aromatic heterocycles. The standard InChI is InChI=1S/C9H13N3S2.C2H2O4/c1-13-9-10-8(14-11-9)7-5-12-3-2-6(7)4-12;3-1(4)2(5)6/h6-7H,2-5H2,1H3;(H,3,4)(H,5,6). The van der Waals surface area contributed by atoms with Crippen molar-refractivity contribution < 1.29 is 19.8 Å². The highest BCUT2D eigenvalue weighted by atomic mass is 32.2. The number of carboxylic acid groups (broad SMARTS) is 2. The van der Waals surface area contributed by atoms with E-state index in [-0.39, 0.29) is 0 Å². The average Bonchev–Trinajstić information content (AvgIpc) is 3.14. The highest BCUT2D eigenvalue weighted by molar-refractivity contribution is 7.98. The Kier molecular flexibility index (Phi) is 4.95. The van der Waals surface area contributed by atoms with Crippen LogP contribution in [0.4, 0.5) is 0 Å². The molecule has 0 aliphatic carbocycles. The Morgan fingerprint density at radius 1 is 1.35 bits per heavy atom. The second-order valence-corrected chi connectivity index (χ2v) is 6.20. The molecule has 3 atom stereocenters. The summed E-state index contributed by atoms with van der Waals surface area (Å²) in [6, 6.07) is 0. The Morgan fingerprint density at radius 3 is 2.45 bits per heavy atom. The van der Waals surface area contributed by atoms with E-state index in [0.29, 0.717) is 5.92 Å². The Morgan fingerprint density at radius 2 is 2.05 bits per heavy atom. The number of hydrogen-bond acceptors (Lipinski definition) is 7. The molecule has 0 spiro atoms. The molecule has 3 heterocycles. The quantitative estimate of drug-likeness (QED) is 0.611. The van der Waals surface area contributed by atoms with Crippen molar-refractivity contribution in [2.45, 2.75) is 17.5 Å². The predicted octanol–water partition coefficient (Wildman–Crippen LogP) is 0.835. The fourth-order valence-electron chi connectivity index (χ4n) is 2.52. The van der Waals surface area contributed by atoms with Gasteiger partial charge < -0.3 is 15.1 Å². The number of thioether (sulfide) groups is 1. The van der Waals surface area contributed by atoms with E-state index >= 15 is 0 Å². The van der Waals surface area contributed by atoms with Gasteiger partial charge in [-0.05, 0) is 36.7 Å². The first-order valence-electron chi connectivity index (χ1n) is 6.07. The first-order chi connectivity index (χ1) is 9.51. The van der Waals surface area contributed by atoms with Gasteiger partial charge in [-0.1, -0.05) is 11.8 Å². The van der Waals surface area contributed by atoms with Crippen molar-refractivity contribution in [2.24, 2.45) is 5.92 Å². The second-order valence-electron chi connectivity index (χ2n) is 4.64. The third-order valence-corrected chi connectivity index (χ3v) is 4.95. The van der Waals surface area contributed by atoms with Gasteiger partial charge in [0, 0.05) is 19.0 Å². The minimum Gasteiger partial charge on any atom is -0.473 e. The molecule has 9 heteroatoms. The van der Waals surface area contributed by atoms with Crippen LogP contribution in [0, 0.1) is 5.92 Å². The van der Waals surface area contributed by atoms with Crippen LogP contribution in [0.1, 0.15) is 17.3 Å². The summed E-state index contributed by atoms with van der Waals surface area (Å²) in [5.74, 6) is -2.11. The number of carbonyl (C=O) groups is 2. The molecule has 3 rings (SSSR count). The summed E-state index contributed by atoms with van der Waals surface area (Å²) < 4.78 is 4.34. The van der Waals surface area contributed by atoms with Gasteiger partial charge in [0.1, 0.15) is 5.01 Å². The average molecular weight is 317 g/mol. The first-order valence-corrected chi connectivity index (χ1v) is 8.07. The van der Waals surface area contributed by atoms with Crippen molar-refractivity contribution in [3.63, 3.8) is 0 Å². The zero-order valence-electron chi connectivity index (χ0n) is 10.9. The molecule has 2 fully saturated rings. The maximum atomic E-state index is 9.10. The van der Waals surface area contributed by atoms with E-state index in [2.05, 4.69) is 14.3 Å². The summed E-state index contributed by atoms with van der Waals surface area (Å²) in [5.41, 5.74) is 0. The number of aliphatic carboxylic acids is 2. The van der Waals surface area contributed by atoms with Crippen molar-refractivity contribution in [2.75, 3.05) is 25.9 Å². The predicted molar refractivity (Wildman–Crippen MR) is 74.2 cm³/mol. The largest absolute Gasteiger partial charge is 0.473 e. The summed E-state index contributed by atoms with van der Waals surface area (Å²) in [6.45, 7) is 3.81. The van der Waals surface area contributed by atoms with Crippen molar-refractivity contribution >= 4 is 35.2 Å². The topological polar surface area (TPSA) is 104 Å². The monoisotopic (exact) mass is 317 g/mol. The van der Waals surface area contributed by atoms with E-state index in [4.69, 9.17) is 19.8 Å². The van der Waals surface area contributed by atoms with Crippen molar-refractivity contribution in [1.29, 1.82) is 0 Å². The van der Waals surface area contributed by atoms with Crippen LogP contribution >= 0.6 is 23.3 Å². The lowest BCUT2D eigenvalue weighted by atomic mass is 9.93. The van der Waals surface area contributed by atoms with Crippen molar-refractivity contribution in [1.82, 2.24) is 14.3 Å². The Balaban J connectivity index is 0.000000212. The van der Waals surface area contributed by atoms with Crippen LogP contribution in [0.2, 0.25) is 0 Å². The van der Waals surface area contributed by atoms with E-state index in [1.54, 1.807) is 23.3 Å². The van der Waals surface area contributed by atoms with Gasteiger partial charge in [-0.15, -0.1) is 0 Å². The third-order valence-electron chi connectivity index (χ3n) is 3.44. The van der Waals surface area contributed by atoms with Crippen LogP contribution < -0.4 is 0 Å². The number of fused-ring (bicyclic) bond motifs is 2. The number of nitrogens with zero attached hydrogens (tertiary/aromatic N) is 3. The molecule has 2 N–H and O–H groups in total. The Labute approximate surface area is 124 Å². The summed E-state index contributed by atoms with van der Waals surface area (Å²) in [5, 5.41) is 17.0. The van der Waals surface area contributed by atoms with Gasteiger partial charge in [0.2, 0.25) is 0 Å². The summed E-state index contributed by atoms with van der Waals surface area (Å²) in [7, 11) is 0. The maximum absolute atomic E-state index is 9.10. The molecule has 2 bridgehead atoms. The van der Waals surface area contributed by atoms with Crippen LogP contribution in [-0.2, 0) is 9.59 Å². The Bertz CT molecular complexity index is 496. The van der Waals surface area contributed by atoms with E-state index in [9.17, 15) is 0 Å². The highest BCUT2D eigenvalue weighted by Crippen LogP contribution is 2.40. The number of carboxylic acids is 2. The molecule has 2 aliphatic rings. The molecule has 1 aromatic rings. The molecule has 0 saturated carbocycles. The van der Waals surface area contributed by atoms with Crippen LogP contribution in [0.15, 0.2) is 5.16 Å². The smallest absolute Gasteiger partial charge is 0.414 e. The van der Waals surface area contributed by atoms with E-state index in [1.807, 2.05) is 6.26 Å². The first kappa shape index (κ1) is 15.2. The van der Waals surface area contributed by atoms with Gasteiger partial charge in [-0.25, -0.2) is 14.6 Å². The number of aromatic nitrogens is 2. The molecular formula is C11H15N3O4S2. The molecule has 2 aliphatic heterocycles. The molecule has 0 amide bonds. The van der Waals surface area contributed by atoms with Crippen LogP contribution in [-0.4, -0.2) is 62.3 Å². The second kappa shape index (κ2) is 6.51. The van der Waals surface area contributed by atoms with E-state index in [0.717, 1.165) is 11.1 Å². The maximum Gasteiger partial charge on any atom is 0.414 e. The lowest BCUT2D eigenvalue weighted by molar-refractivity contribution is -0.159. The number of rotatable bonds is 2. The molecule has 3 unspecified atom stereocenters. The van der Waals surface area contributed by atoms with Crippen molar-refractivity contribution in [3.8, 4) is 0 Å². The lowest BCUT2D eigenvalue weighted by Crippen LogP contribution is -2.21. The third kappa shape index (κ3) is 3.47. The fourth-order valence-corrected chi connectivity index (χ4v) is 3.92. The molecule has 110 valence electrons. The van der Waals surface area contributed by atoms with Crippen LogP contribution in [0.5, 0.6) is 0 Å². The zero-order valence-corrected chi connectivity index (χ0v) is 12.5. The van der Waals surface area contributed by atoms with E-state index < -0.39 is 11.9 Å². The molecule has 0 radical (unpaired) electrons. The molecule has 0 aromatic carbocycles. The molecule has 2 saturated heterocycles. The van der Waals surface area contributed by atoms with Gasteiger partial charge in [-0.2, -0.15) is 4.37 Å². The minimum absolute atomic E-state index is 0.683. The summed E-state index contributed by atoms with van der Waals surface area (Å²) >= 11 is 3.25.